The molecule has 0 bridgehead atoms. The fraction of sp³-hybridized carbons (Fsp3) is 0.462. The summed E-state index contributed by atoms with van der Waals surface area (Å²) in [6.07, 6.45) is 1.70. The van der Waals surface area contributed by atoms with Gasteiger partial charge in [0, 0.05) is 43.6 Å². The molecule has 4 rings (SSSR count). The first kappa shape index (κ1) is 23.2. The lowest BCUT2D eigenvalue weighted by atomic mass is 9.75. The molecule has 0 radical (unpaired) electrons. The van der Waals surface area contributed by atoms with E-state index in [4.69, 9.17) is 9.47 Å². The maximum atomic E-state index is 13.3. The number of carbonyl (C=O) groups is 2. The molecule has 0 aromatic heterocycles. The van der Waals surface area contributed by atoms with Crippen molar-refractivity contribution >= 4 is 11.8 Å². The Balaban J connectivity index is 1.44. The first-order valence-electron chi connectivity index (χ1n) is 11.5. The van der Waals surface area contributed by atoms with Gasteiger partial charge in [-0.1, -0.05) is 17.7 Å². The Morgan fingerprint density at radius 2 is 1.58 bits per heavy atom. The SMILES string of the molecule is Cc1ccc(C(=O)N2CCC(COc3ccc(F)cc3)(CC(=O)N3CCOCC3)CC2)cc1. The van der Waals surface area contributed by atoms with Crippen LogP contribution < -0.4 is 4.74 Å². The highest BCUT2D eigenvalue weighted by Crippen LogP contribution is 2.37. The summed E-state index contributed by atoms with van der Waals surface area (Å²) >= 11 is 0. The lowest BCUT2D eigenvalue weighted by molar-refractivity contribution is -0.139. The average molecular weight is 455 g/mol. The van der Waals surface area contributed by atoms with Gasteiger partial charge in [0.15, 0.2) is 0 Å². The van der Waals surface area contributed by atoms with Gasteiger partial charge in [-0.25, -0.2) is 4.39 Å². The zero-order chi connectivity index (χ0) is 23.3. The Morgan fingerprint density at radius 3 is 2.21 bits per heavy atom. The van der Waals surface area contributed by atoms with Crippen molar-refractivity contribution in [1.29, 1.82) is 0 Å². The minimum absolute atomic E-state index is 0.0163. The van der Waals surface area contributed by atoms with Crippen LogP contribution in [-0.2, 0) is 9.53 Å². The molecule has 2 fully saturated rings. The van der Waals surface area contributed by atoms with Gasteiger partial charge in [-0.15, -0.1) is 0 Å². The van der Waals surface area contributed by atoms with Gasteiger partial charge >= 0.3 is 0 Å². The molecule has 2 aliphatic rings. The fourth-order valence-corrected chi connectivity index (χ4v) is 4.45. The molecule has 2 heterocycles. The number of benzene rings is 2. The van der Waals surface area contributed by atoms with E-state index in [1.165, 1.54) is 12.1 Å². The van der Waals surface area contributed by atoms with Crippen LogP contribution in [0.3, 0.4) is 0 Å². The second-order valence-corrected chi connectivity index (χ2v) is 9.07. The van der Waals surface area contributed by atoms with E-state index in [9.17, 15) is 14.0 Å². The predicted octanol–water partition coefficient (Wildman–Crippen LogP) is 3.68. The van der Waals surface area contributed by atoms with Crippen LogP contribution >= 0.6 is 0 Å². The standard InChI is InChI=1S/C26H31FN2O4/c1-20-2-4-21(5-3-20)25(31)29-12-10-26(11-13-29,18-24(30)28-14-16-32-17-15-28)19-33-23-8-6-22(27)7-9-23/h2-9H,10-19H2,1H3. The number of halogens is 1. The third-order valence-electron chi connectivity index (χ3n) is 6.66. The highest BCUT2D eigenvalue weighted by atomic mass is 19.1. The molecule has 0 saturated carbocycles. The van der Waals surface area contributed by atoms with Crippen LogP contribution in [0.2, 0.25) is 0 Å². The third kappa shape index (κ3) is 5.90. The molecular weight excluding hydrogens is 423 g/mol. The lowest BCUT2D eigenvalue weighted by Gasteiger charge is -2.42. The Morgan fingerprint density at radius 1 is 0.939 bits per heavy atom. The van der Waals surface area contributed by atoms with Crippen molar-refractivity contribution in [1.82, 2.24) is 9.80 Å². The van der Waals surface area contributed by atoms with Crippen molar-refractivity contribution in [2.24, 2.45) is 5.41 Å². The number of piperidine rings is 1. The van der Waals surface area contributed by atoms with Gasteiger partial charge in [0.1, 0.15) is 11.6 Å². The van der Waals surface area contributed by atoms with Crippen LogP contribution in [0.4, 0.5) is 4.39 Å². The average Bonchev–Trinajstić information content (AvgIpc) is 2.85. The highest BCUT2D eigenvalue weighted by molar-refractivity contribution is 5.94. The monoisotopic (exact) mass is 454 g/mol. The predicted molar refractivity (Wildman–Crippen MR) is 123 cm³/mol. The molecule has 0 atom stereocenters. The molecule has 176 valence electrons. The second-order valence-electron chi connectivity index (χ2n) is 9.07. The van der Waals surface area contributed by atoms with E-state index >= 15 is 0 Å². The highest BCUT2D eigenvalue weighted by Gasteiger charge is 2.40. The molecule has 2 aromatic rings. The maximum Gasteiger partial charge on any atom is 0.253 e. The van der Waals surface area contributed by atoms with Crippen molar-refractivity contribution < 1.29 is 23.5 Å². The number of aryl methyl sites for hydroxylation is 1. The first-order valence-corrected chi connectivity index (χ1v) is 11.5. The van der Waals surface area contributed by atoms with Crippen molar-refractivity contribution in [3.05, 3.63) is 65.5 Å². The van der Waals surface area contributed by atoms with Crippen LogP contribution in [-0.4, -0.2) is 67.6 Å². The summed E-state index contributed by atoms with van der Waals surface area (Å²) in [4.78, 5) is 29.8. The van der Waals surface area contributed by atoms with Crippen molar-refractivity contribution in [2.45, 2.75) is 26.2 Å². The number of hydrogen-bond acceptors (Lipinski definition) is 4. The number of likely N-dealkylation sites (tertiary alicyclic amines) is 1. The molecule has 2 amide bonds. The van der Waals surface area contributed by atoms with Gasteiger partial charge in [0.2, 0.25) is 5.91 Å². The van der Waals surface area contributed by atoms with Crippen molar-refractivity contribution in [3.63, 3.8) is 0 Å². The van der Waals surface area contributed by atoms with Gasteiger partial charge in [-0.05, 0) is 56.2 Å². The van der Waals surface area contributed by atoms with Crippen LogP contribution in [0.5, 0.6) is 5.75 Å². The summed E-state index contributed by atoms with van der Waals surface area (Å²) in [6.45, 7) is 5.80. The molecule has 2 aliphatic heterocycles. The fourth-order valence-electron chi connectivity index (χ4n) is 4.45. The molecule has 2 aromatic carbocycles. The summed E-state index contributed by atoms with van der Waals surface area (Å²) < 4.78 is 24.7. The Labute approximate surface area is 194 Å². The number of carbonyl (C=O) groups excluding carboxylic acids is 2. The van der Waals surface area contributed by atoms with Gasteiger partial charge in [-0.3, -0.25) is 9.59 Å². The number of morpholine rings is 1. The van der Waals surface area contributed by atoms with E-state index in [0.717, 1.165) is 5.56 Å². The van der Waals surface area contributed by atoms with Crippen LogP contribution in [0.1, 0.15) is 35.2 Å². The van der Waals surface area contributed by atoms with Crippen molar-refractivity contribution in [3.8, 4) is 5.75 Å². The molecule has 6 nitrogen and oxygen atoms in total. The summed E-state index contributed by atoms with van der Waals surface area (Å²) in [5.74, 6) is 0.372. The van der Waals surface area contributed by atoms with Gasteiger partial charge in [0.25, 0.3) is 5.91 Å². The van der Waals surface area contributed by atoms with Crippen molar-refractivity contribution in [2.75, 3.05) is 46.0 Å². The minimum atomic E-state index is -0.381. The normalized spacial score (nSPS) is 18.1. The molecule has 33 heavy (non-hydrogen) atoms. The molecule has 2 saturated heterocycles. The number of rotatable bonds is 6. The Kier molecular flexibility index (Phi) is 7.28. The number of amides is 2. The number of nitrogens with zero attached hydrogens (tertiary/aromatic N) is 2. The molecular formula is C26H31FN2O4. The largest absolute Gasteiger partial charge is 0.493 e. The van der Waals surface area contributed by atoms with E-state index in [0.29, 0.717) is 76.6 Å². The van der Waals surface area contributed by atoms with E-state index in [1.807, 2.05) is 41.0 Å². The minimum Gasteiger partial charge on any atom is -0.493 e. The van der Waals surface area contributed by atoms with Crippen LogP contribution in [0.25, 0.3) is 0 Å². The summed E-state index contributed by atoms with van der Waals surface area (Å²) in [5.41, 5.74) is 1.41. The zero-order valence-corrected chi connectivity index (χ0v) is 19.1. The Hall–Kier alpha value is -2.93. The molecule has 0 N–H and O–H groups in total. The van der Waals surface area contributed by atoms with E-state index in [2.05, 4.69) is 0 Å². The Bertz CT molecular complexity index is 947. The van der Waals surface area contributed by atoms with Gasteiger partial charge in [0.05, 0.1) is 19.8 Å². The number of hydrogen-bond donors (Lipinski definition) is 0. The van der Waals surface area contributed by atoms with E-state index in [1.54, 1.807) is 12.1 Å². The van der Waals surface area contributed by atoms with Crippen LogP contribution in [0, 0.1) is 18.2 Å². The zero-order valence-electron chi connectivity index (χ0n) is 19.1. The molecule has 0 spiro atoms. The van der Waals surface area contributed by atoms with E-state index < -0.39 is 0 Å². The third-order valence-corrected chi connectivity index (χ3v) is 6.66. The summed E-state index contributed by atoms with van der Waals surface area (Å²) in [5, 5.41) is 0. The maximum absolute atomic E-state index is 13.3. The molecule has 0 unspecified atom stereocenters. The topological polar surface area (TPSA) is 59.1 Å². The first-order chi connectivity index (χ1) is 15.9. The summed E-state index contributed by atoms with van der Waals surface area (Å²) in [7, 11) is 0. The number of ether oxygens (including phenoxy) is 2. The molecule has 0 aliphatic carbocycles. The van der Waals surface area contributed by atoms with Gasteiger partial charge < -0.3 is 19.3 Å². The van der Waals surface area contributed by atoms with E-state index in [-0.39, 0.29) is 23.0 Å². The smallest absolute Gasteiger partial charge is 0.253 e. The van der Waals surface area contributed by atoms with Gasteiger partial charge in [-0.2, -0.15) is 0 Å². The molecule has 7 heteroatoms. The summed E-state index contributed by atoms with van der Waals surface area (Å²) in [6, 6.07) is 13.5. The quantitative estimate of drug-likeness (QED) is 0.668. The second kappa shape index (κ2) is 10.3. The lowest BCUT2D eigenvalue weighted by Crippen LogP contribution is -2.49. The van der Waals surface area contributed by atoms with Crippen LogP contribution in [0.15, 0.2) is 48.5 Å².